The third kappa shape index (κ3) is 3.74. The SMILES string of the molecule is CN(CC(=O)Nc1ccc(N2CCCC2=O)cc1)[C@@H]1CCc2ccccc21. The van der Waals surface area contributed by atoms with Gasteiger partial charge in [-0.1, -0.05) is 24.3 Å². The number of benzene rings is 2. The minimum Gasteiger partial charge on any atom is -0.325 e. The minimum absolute atomic E-state index is 0.0214. The van der Waals surface area contributed by atoms with Gasteiger partial charge in [0.2, 0.25) is 11.8 Å². The zero-order chi connectivity index (χ0) is 18.8. The molecule has 0 spiro atoms. The molecule has 5 nitrogen and oxygen atoms in total. The molecule has 1 saturated heterocycles. The lowest BCUT2D eigenvalue weighted by Gasteiger charge is -2.24. The highest BCUT2D eigenvalue weighted by Gasteiger charge is 2.26. The zero-order valence-corrected chi connectivity index (χ0v) is 15.6. The first-order chi connectivity index (χ1) is 13.1. The zero-order valence-electron chi connectivity index (χ0n) is 15.6. The second-order valence-corrected chi connectivity index (χ2v) is 7.41. The van der Waals surface area contributed by atoms with Crippen molar-refractivity contribution in [1.29, 1.82) is 0 Å². The smallest absolute Gasteiger partial charge is 0.238 e. The van der Waals surface area contributed by atoms with Crippen LogP contribution in [0.25, 0.3) is 0 Å². The molecule has 0 aromatic heterocycles. The molecular weight excluding hydrogens is 338 g/mol. The van der Waals surface area contributed by atoms with Crippen molar-refractivity contribution < 1.29 is 9.59 Å². The molecule has 1 fully saturated rings. The molecule has 0 saturated carbocycles. The van der Waals surface area contributed by atoms with Gasteiger partial charge in [-0.05, 0) is 61.7 Å². The minimum atomic E-state index is -0.0214. The molecule has 2 amide bonds. The van der Waals surface area contributed by atoms with Gasteiger partial charge in [0.25, 0.3) is 0 Å². The van der Waals surface area contributed by atoms with E-state index in [-0.39, 0.29) is 11.8 Å². The van der Waals surface area contributed by atoms with Gasteiger partial charge < -0.3 is 10.2 Å². The number of nitrogens with one attached hydrogen (secondary N) is 1. The highest BCUT2D eigenvalue weighted by atomic mass is 16.2. The Labute approximate surface area is 160 Å². The van der Waals surface area contributed by atoms with E-state index in [2.05, 4.69) is 34.5 Å². The Bertz CT molecular complexity index is 847. The number of nitrogens with zero attached hydrogens (tertiary/aromatic N) is 2. The standard InChI is InChI=1S/C22H25N3O2/c1-24(20-13-8-16-5-2-3-6-19(16)20)15-21(26)23-17-9-11-18(12-10-17)25-14-4-7-22(25)27/h2-3,5-6,9-12,20H,4,7-8,13-15H2,1H3,(H,23,26)/t20-/m1/s1. The molecule has 0 radical (unpaired) electrons. The van der Waals surface area contributed by atoms with Gasteiger partial charge in [-0.15, -0.1) is 0 Å². The van der Waals surface area contributed by atoms with E-state index >= 15 is 0 Å². The lowest BCUT2D eigenvalue weighted by Crippen LogP contribution is -2.32. The summed E-state index contributed by atoms with van der Waals surface area (Å²) < 4.78 is 0. The fourth-order valence-electron chi connectivity index (χ4n) is 4.18. The van der Waals surface area contributed by atoms with Crippen LogP contribution in [0.5, 0.6) is 0 Å². The van der Waals surface area contributed by atoms with E-state index in [0.717, 1.165) is 37.2 Å². The van der Waals surface area contributed by atoms with Crippen LogP contribution < -0.4 is 10.2 Å². The monoisotopic (exact) mass is 363 g/mol. The van der Waals surface area contributed by atoms with Gasteiger partial charge in [0.15, 0.2) is 0 Å². The molecule has 5 heteroatoms. The molecule has 1 N–H and O–H groups in total. The van der Waals surface area contributed by atoms with Crippen LogP contribution >= 0.6 is 0 Å². The Morgan fingerprint density at radius 3 is 2.67 bits per heavy atom. The lowest BCUT2D eigenvalue weighted by molar-refractivity contribution is -0.118. The highest BCUT2D eigenvalue weighted by Crippen LogP contribution is 2.34. The van der Waals surface area contributed by atoms with E-state index in [0.29, 0.717) is 19.0 Å². The van der Waals surface area contributed by atoms with Gasteiger partial charge in [-0.2, -0.15) is 0 Å². The summed E-state index contributed by atoms with van der Waals surface area (Å²) >= 11 is 0. The van der Waals surface area contributed by atoms with Gasteiger partial charge >= 0.3 is 0 Å². The third-order valence-corrected chi connectivity index (χ3v) is 5.56. The molecule has 1 aliphatic carbocycles. The maximum absolute atomic E-state index is 12.5. The first kappa shape index (κ1) is 17.7. The van der Waals surface area contributed by atoms with E-state index in [1.165, 1.54) is 11.1 Å². The van der Waals surface area contributed by atoms with Crippen molar-refractivity contribution in [3.8, 4) is 0 Å². The van der Waals surface area contributed by atoms with Crippen LogP contribution in [0.15, 0.2) is 48.5 Å². The fourth-order valence-corrected chi connectivity index (χ4v) is 4.18. The maximum Gasteiger partial charge on any atom is 0.238 e. The van der Waals surface area contributed by atoms with Crippen LogP contribution in [0, 0.1) is 0 Å². The van der Waals surface area contributed by atoms with Gasteiger partial charge in [-0.3, -0.25) is 14.5 Å². The first-order valence-corrected chi connectivity index (χ1v) is 9.60. The van der Waals surface area contributed by atoms with Crippen LogP contribution in [0.1, 0.15) is 36.4 Å². The summed E-state index contributed by atoms with van der Waals surface area (Å²) in [7, 11) is 2.01. The number of hydrogen-bond acceptors (Lipinski definition) is 3. The van der Waals surface area contributed by atoms with Crippen LogP contribution in [-0.2, 0) is 16.0 Å². The highest BCUT2D eigenvalue weighted by molar-refractivity contribution is 5.96. The van der Waals surface area contributed by atoms with Crippen molar-refractivity contribution in [2.75, 3.05) is 30.4 Å². The molecule has 1 heterocycles. The van der Waals surface area contributed by atoms with E-state index in [1.54, 1.807) is 4.90 Å². The molecule has 0 bridgehead atoms. The van der Waals surface area contributed by atoms with Gasteiger partial charge in [0.05, 0.1) is 6.54 Å². The fraction of sp³-hybridized carbons (Fsp3) is 0.364. The predicted molar refractivity (Wildman–Crippen MR) is 107 cm³/mol. The number of rotatable bonds is 5. The topological polar surface area (TPSA) is 52.7 Å². The average molecular weight is 363 g/mol. The van der Waals surface area contributed by atoms with E-state index < -0.39 is 0 Å². The van der Waals surface area contributed by atoms with Crippen molar-refractivity contribution in [3.05, 3.63) is 59.7 Å². The predicted octanol–water partition coefficient (Wildman–Crippen LogP) is 3.37. The second kappa shape index (κ2) is 7.53. The number of aryl methyl sites for hydroxylation is 1. The largest absolute Gasteiger partial charge is 0.325 e. The quantitative estimate of drug-likeness (QED) is 0.886. The maximum atomic E-state index is 12.5. The Morgan fingerprint density at radius 2 is 1.93 bits per heavy atom. The molecule has 0 unspecified atom stereocenters. The number of anilines is 2. The molecule has 1 atom stereocenters. The number of likely N-dealkylation sites (N-methyl/N-ethyl adjacent to an activating group) is 1. The average Bonchev–Trinajstić information content (AvgIpc) is 3.28. The Balaban J connectivity index is 1.35. The summed E-state index contributed by atoms with van der Waals surface area (Å²) in [6.07, 6.45) is 3.66. The van der Waals surface area contributed by atoms with Crippen molar-refractivity contribution in [3.63, 3.8) is 0 Å². The Kier molecular flexibility index (Phi) is 4.94. The molecule has 2 aromatic rings. The summed E-state index contributed by atoms with van der Waals surface area (Å²) in [4.78, 5) is 28.2. The first-order valence-electron chi connectivity index (χ1n) is 9.60. The second-order valence-electron chi connectivity index (χ2n) is 7.41. The van der Waals surface area contributed by atoms with Crippen molar-refractivity contribution in [2.24, 2.45) is 0 Å². The summed E-state index contributed by atoms with van der Waals surface area (Å²) in [5, 5.41) is 2.97. The molecule has 27 heavy (non-hydrogen) atoms. The Hall–Kier alpha value is -2.66. The lowest BCUT2D eigenvalue weighted by atomic mass is 10.1. The number of hydrogen-bond donors (Lipinski definition) is 1. The number of fused-ring (bicyclic) bond motifs is 1. The van der Waals surface area contributed by atoms with E-state index in [4.69, 9.17) is 0 Å². The van der Waals surface area contributed by atoms with Crippen molar-refractivity contribution >= 4 is 23.2 Å². The molecule has 140 valence electrons. The van der Waals surface area contributed by atoms with E-state index in [1.807, 2.05) is 31.3 Å². The summed E-state index contributed by atoms with van der Waals surface area (Å²) in [6, 6.07) is 16.3. The van der Waals surface area contributed by atoms with E-state index in [9.17, 15) is 9.59 Å². The van der Waals surface area contributed by atoms with Gasteiger partial charge in [-0.25, -0.2) is 0 Å². The number of amides is 2. The summed E-state index contributed by atoms with van der Waals surface area (Å²) in [6.45, 7) is 1.13. The molecule has 2 aromatic carbocycles. The summed E-state index contributed by atoms with van der Waals surface area (Å²) in [5.41, 5.74) is 4.39. The summed E-state index contributed by atoms with van der Waals surface area (Å²) in [5.74, 6) is 0.150. The van der Waals surface area contributed by atoms with Gasteiger partial charge in [0, 0.05) is 30.4 Å². The van der Waals surface area contributed by atoms with Crippen molar-refractivity contribution in [1.82, 2.24) is 4.90 Å². The van der Waals surface area contributed by atoms with Crippen LogP contribution in [0.3, 0.4) is 0 Å². The molecule has 2 aliphatic rings. The van der Waals surface area contributed by atoms with Crippen molar-refractivity contribution in [2.45, 2.75) is 31.7 Å². The number of carbonyl (C=O) groups excluding carboxylic acids is 2. The normalized spacial score (nSPS) is 18.8. The van der Waals surface area contributed by atoms with Gasteiger partial charge in [0.1, 0.15) is 0 Å². The molecule has 1 aliphatic heterocycles. The molecule has 4 rings (SSSR count). The van der Waals surface area contributed by atoms with Crippen LogP contribution in [0.2, 0.25) is 0 Å². The van der Waals surface area contributed by atoms with Crippen LogP contribution in [0.4, 0.5) is 11.4 Å². The van der Waals surface area contributed by atoms with Crippen LogP contribution in [-0.4, -0.2) is 36.9 Å². The third-order valence-electron chi connectivity index (χ3n) is 5.56. The molecular formula is C22H25N3O2. The Morgan fingerprint density at radius 1 is 1.15 bits per heavy atom. The number of carbonyl (C=O) groups is 2.